The molecule has 0 radical (unpaired) electrons. The van der Waals surface area contributed by atoms with Crippen molar-refractivity contribution in [2.24, 2.45) is 0 Å². The van der Waals surface area contributed by atoms with E-state index in [4.69, 9.17) is 0 Å². The standard InChI is InChI=1S/C13H16FNO/c1-4-13(16)15(5-2)10(3)11-6-8-12(14)9-7-11/h4,6-10H,1,5H2,2-3H3. The van der Waals surface area contributed by atoms with Crippen LogP contribution in [-0.4, -0.2) is 17.4 Å². The van der Waals surface area contributed by atoms with E-state index in [1.54, 1.807) is 17.0 Å². The molecule has 86 valence electrons. The number of rotatable bonds is 4. The van der Waals surface area contributed by atoms with Crippen LogP contribution in [0.3, 0.4) is 0 Å². The largest absolute Gasteiger partial charge is 0.333 e. The zero-order valence-corrected chi connectivity index (χ0v) is 9.61. The fourth-order valence-electron chi connectivity index (χ4n) is 1.66. The molecule has 0 fully saturated rings. The lowest BCUT2D eigenvalue weighted by atomic mass is 10.1. The third kappa shape index (κ3) is 2.69. The van der Waals surface area contributed by atoms with Gasteiger partial charge in [-0.25, -0.2) is 4.39 Å². The topological polar surface area (TPSA) is 20.3 Å². The molecule has 16 heavy (non-hydrogen) atoms. The van der Waals surface area contributed by atoms with Gasteiger partial charge in [-0.15, -0.1) is 0 Å². The van der Waals surface area contributed by atoms with Gasteiger partial charge in [-0.05, 0) is 37.6 Å². The molecule has 1 unspecified atom stereocenters. The third-order valence-electron chi connectivity index (χ3n) is 2.62. The molecule has 1 atom stereocenters. The van der Waals surface area contributed by atoms with E-state index in [1.165, 1.54) is 18.2 Å². The van der Waals surface area contributed by atoms with Gasteiger partial charge in [0.2, 0.25) is 5.91 Å². The Balaban J connectivity index is 2.90. The molecule has 0 spiro atoms. The lowest BCUT2D eigenvalue weighted by Gasteiger charge is -2.27. The Hall–Kier alpha value is -1.64. The number of carbonyl (C=O) groups is 1. The Morgan fingerprint density at radius 1 is 1.50 bits per heavy atom. The highest BCUT2D eigenvalue weighted by Gasteiger charge is 2.17. The number of halogens is 1. The van der Waals surface area contributed by atoms with Crippen molar-refractivity contribution in [3.05, 3.63) is 48.3 Å². The SMILES string of the molecule is C=CC(=O)N(CC)C(C)c1ccc(F)cc1. The summed E-state index contributed by atoms with van der Waals surface area (Å²) in [5.74, 6) is -0.381. The van der Waals surface area contributed by atoms with Crippen molar-refractivity contribution >= 4 is 5.91 Å². The predicted octanol–water partition coefficient (Wildman–Crippen LogP) is 2.92. The number of benzene rings is 1. The normalized spacial score (nSPS) is 11.9. The van der Waals surface area contributed by atoms with Gasteiger partial charge in [-0.2, -0.15) is 0 Å². The molecule has 0 heterocycles. The highest BCUT2D eigenvalue weighted by Crippen LogP contribution is 2.20. The summed E-state index contributed by atoms with van der Waals surface area (Å²) in [7, 11) is 0. The second-order valence-corrected chi connectivity index (χ2v) is 3.56. The van der Waals surface area contributed by atoms with E-state index in [0.717, 1.165) is 5.56 Å². The molecule has 3 heteroatoms. The molecule has 1 rings (SSSR count). The highest BCUT2D eigenvalue weighted by molar-refractivity contribution is 5.87. The van der Waals surface area contributed by atoms with Crippen molar-refractivity contribution in [2.75, 3.05) is 6.54 Å². The first kappa shape index (κ1) is 12.4. The van der Waals surface area contributed by atoms with E-state index in [2.05, 4.69) is 6.58 Å². The van der Waals surface area contributed by atoms with Crippen LogP contribution in [0.25, 0.3) is 0 Å². The summed E-state index contributed by atoms with van der Waals surface area (Å²) < 4.78 is 12.8. The van der Waals surface area contributed by atoms with Gasteiger partial charge in [0.15, 0.2) is 0 Å². The van der Waals surface area contributed by atoms with E-state index in [9.17, 15) is 9.18 Å². The van der Waals surface area contributed by atoms with E-state index >= 15 is 0 Å². The van der Waals surface area contributed by atoms with Gasteiger partial charge in [0.05, 0.1) is 6.04 Å². The predicted molar refractivity (Wildman–Crippen MR) is 62.4 cm³/mol. The summed E-state index contributed by atoms with van der Waals surface area (Å²) in [6.45, 7) is 7.89. The second-order valence-electron chi connectivity index (χ2n) is 3.56. The van der Waals surface area contributed by atoms with E-state index < -0.39 is 0 Å². The Bertz CT molecular complexity index is 372. The highest BCUT2D eigenvalue weighted by atomic mass is 19.1. The zero-order valence-electron chi connectivity index (χ0n) is 9.61. The van der Waals surface area contributed by atoms with Crippen LogP contribution in [-0.2, 0) is 4.79 Å². The van der Waals surface area contributed by atoms with Gasteiger partial charge < -0.3 is 4.90 Å². The maximum atomic E-state index is 12.8. The Kier molecular flexibility index (Phi) is 4.23. The van der Waals surface area contributed by atoms with Gasteiger partial charge >= 0.3 is 0 Å². The maximum absolute atomic E-state index is 12.8. The van der Waals surface area contributed by atoms with Crippen LogP contribution in [0.15, 0.2) is 36.9 Å². The Labute approximate surface area is 95.4 Å². The minimum absolute atomic E-state index is 0.0731. The third-order valence-corrected chi connectivity index (χ3v) is 2.62. The van der Waals surface area contributed by atoms with Crippen LogP contribution in [0, 0.1) is 5.82 Å². The summed E-state index contributed by atoms with van der Waals surface area (Å²) in [5, 5.41) is 0. The first-order chi connectivity index (χ1) is 7.60. The van der Waals surface area contributed by atoms with Gasteiger partial charge in [0.1, 0.15) is 5.82 Å². The van der Waals surface area contributed by atoms with Crippen LogP contribution >= 0.6 is 0 Å². The number of amides is 1. The van der Waals surface area contributed by atoms with Gasteiger partial charge in [-0.1, -0.05) is 18.7 Å². The van der Waals surface area contributed by atoms with E-state index in [1.807, 2.05) is 13.8 Å². The molecule has 1 aromatic carbocycles. The number of hydrogen-bond acceptors (Lipinski definition) is 1. The van der Waals surface area contributed by atoms with Crippen LogP contribution < -0.4 is 0 Å². The zero-order chi connectivity index (χ0) is 12.1. The summed E-state index contributed by atoms with van der Waals surface area (Å²) in [6, 6.07) is 6.12. The van der Waals surface area contributed by atoms with Crippen molar-refractivity contribution in [1.29, 1.82) is 0 Å². The van der Waals surface area contributed by atoms with Crippen molar-refractivity contribution < 1.29 is 9.18 Å². The first-order valence-electron chi connectivity index (χ1n) is 5.28. The molecule has 0 bridgehead atoms. The quantitative estimate of drug-likeness (QED) is 0.716. The molecular weight excluding hydrogens is 205 g/mol. The van der Waals surface area contributed by atoms with E-state index in [-0.39, 0.29) is 17.8 Å². The Morgan fingerprint density at radius 3 is 2.50 bits per heavy atom. The molecule has 0 aliphatic carbocycles. The minimum atomic E-state index is -0.269. The van der Waals surface area contributed by atoms with Crippen LogP contribution in [0.1, 0.15) is 25.5 Å². The average Bonchev–Trinajstić information content (AvgIpc) is 2.30. The van der Waals surface area contributed by atoms with E-state index in [0.29, 0.717) is 6.54 Å². The van der Waals surface area contributed by atoms with Crippen molar-refractivity contribution in [3.63, 3.8) is 0 Å². The van der Waals surface area contributed by atoms with Crippen molar-refractivity contribution in [2.45, 2.75) is 19.9 Å². The first-order valence-corrected chi connectivity index (χ1v) is 5.28. The molecule has 1 amide bonds. The summed E-state index contributed by atoms with van der Waals surface area (Å²) in [4.78, 5) is 13.2. The van der Waals surface area contributed by atoms with Gasteiger partial charge in [0.25, 0.3) is 0 Å². The molecule has 0 saturated carbocycles. The lowest BCUT2D eigenvalue weighted by molar-refractivity contribution is -0.127. The number of hydrogen-bond donors (Lipinski definition) is 0. The van der Waals surface area contributed by atoms with Crippen LogP contribution in [0.5, 0.6) is 0 Å². The summed E-state index contributed by atoms with van der Waals surface area (Å²) >= 11 is 0. The summed E-state index contributed by atoms with van der Waals surface area (Å²) in [5.41, 5.74) is 0.915. The molecule has 0 aromatic heterocycles. The molecular formula is C13H16FNO. The van der Waals surface area contributed by atoms with Crippen LogP contribution in [0.4, 0.5) is 4.39 Å². The average molecular weight is 221 g/mol. The second kappa shape index (κ2) is 5.45. The fraction of sp³-hybridized carbons (Fsp3) is 0.308. The fourth-order valence-corrected chi connectivity index (χ4v) is 1.66. The molecule has 0 aliphatic rings. The van der Waals surface area contributed by atoms with Crippen LogP contribution in [0.2, 0.25) is 0 Å². The lowest BCUT2D eigenvalue weighted by Crippen LogP contribution is -2.31. The molecule has 0 N–H and O–H groups in total. The number of likely N-dealkylation sites (N-methyl/N-ethyl adjacent to an activating group) is 1. The monoisotopic (exact) mass is 221 g/mol. The van der Waals surface area contributed by atoms with Gasteiger partial charge in [-0.3, -0.25) is 4.79 Å². The molecule has 0 saturated heterocycles. The maximum Gasteiger partial charge on any atom is 0.246 e. The Morgan fingerprint density at radius 2 is 2.06 bits per heavy atom. The summed E-state index contributed by atoms with van der Waals surface area (Å²) in [6.07, 6.45) is 1.30. The minimum Gasteiger partial charge on any atom is -0.333 e. The van der Waals surface area contributed by atoms with Gasteiger partial charge in [0, 0.05) is 6.54 Å². The smallest absolute Gasteiger partial charge is 0.246 e. The molecule has 0 aliphatic heterocycles. The van der Waals surface area contributed by atoms with Crippen molar-refractivity contribution in [1.82, 2.24) is 4.90 Å². The van der Waals surface area contributed by atoms with Crippen molar-refractivity contribution in [3.8, 4) is 0 Å². The molecule has 2 nitrogen and oxygen atoms in total. The molecule has 1 aromatic rings. The number of nitrogens with zero attached hydrogens (tertiary/aromatic N) is 1. The number of carbonyl (C=O) groups excluding carboxylic acids is 1.